The second-order valence-electron chi connectivity index (χ2n) is 4.51. The van der Waals surface area contributed by atoms with Gasteiger partial charge in [-0.05, 0) is 30.7 Å². The van der Waals surface area contributed by atoms with E-state index in [4.69, 9.17) is 0 Å². The van der Waals surface area contributed by atoms with Crippen molar-refractivity contribution in [1.29, 1.82) is 0 Å². The molecule has 0 aliphatic heterocycles. The monoisotopic (exact) mass is 280 g/mol. The molecule has 0 saturated carbocycles. The maximum Gasteiger partial charge on any atom is 0.416 e. The summed E-state index contributed by atoms with van der Waals surface area (Å²) in [6, 6.07) is 11.0. The molecule has 1 aromatic heterocycles. The summed E-state index contributed by atoms with van der Waals surface area (Å²) in [6.07, 6.45) is -2.66. The number of alkyl halides is 3. The van der Waals surface area contributed by atoms with Crippen LogP contribution in [0.3, 0.4) is 0 Å². The second-order valence-corrected chi connectivity index (χ2v) is 4.51. The number of nitrogens with one attached hydrogen (secondary N) is 1. The summed E-state index contributed by atoms with van der Waals surface area (Å²) < 4.78 is 38.6. The highest BCUT2D eigenvalue weighted by Crippen LogP contribution is 2.31. The Morgan fingerprint density at radius 1 is 1.10 bits per heavy atom. The molecule has 2 nitrogen and oxygen atoms in total. The minimum atomic E-state index is -4.33. The lowest BCUT2D eigenvalue weighted by molar-refractivity contribution is -0.138. The molecule has 1 heterocycles. The molecule has 0 bridgehead atoms. The maximum absolute atomic E-state index is 12.9. The Hall–Kier alpha value is -1.88. The van der Waals surface area contributed by atoms with Gasteiger partial charge in [0, 0.05) is 18.8 Å². The van der Waals surface area contributed by atoms with Crippen molar-refractivity contribution in [2.24, 2.45) is 0 Å². The zero-order chi connectivity index (χ0) is 14.6. The van der Waals surface area contributed by atoms with E-state index in [9.17, 15) is 13.2 Å². The molecule has 1 aromatic carbocycles. The molecule has 0 spiro atoms. The van der Waals surface area contributed by atoms with E-state index in [1.165, 1.54) is 12.1 Å². The van der Waals surface area contributed by atoms with Gasteiger partial charge in [0.25, 0.3) is 0 Å². The number of aromatic nitrogens is 1. The molecule has 0 aliphatic carbocycles. The van der Waals surface area contributed by atoms with Crippen LogP contribution in [0.4, 0.5) is 13.2 Å². The van der Waals surface area contributed by atoms with Crippen molar-refractivity contribution in [2.75, 3.05) is 0 Å². The molecule has 0 aliphatic rings. The molecule has 106 valence electrons. The Morgan fingerprint density at radius 3 is 2.45 bits per heavy atom. The first kappa shape index (κ1) is 14.5. The number of nitrogens with zero attached hydrogens (tertiary/aromatic N) is 1. The van der Waals surface area contributed by atoms with Crippen LogP contribution in [0.25, 0.3) is 0 Å². The summed E-state index contributed by atoms with van der Waals surface area (Å²) in [5.74, 6) is 0. The van der Waals surface area contributed by atoms with Crippen LogP contribution >= 0.6 is 0 Å². The molecule has 2 rings (SSSR count). The maximum atomic E-state index is 12.9. The SMILES string of the molecule is CC(NCc1ccccc1C(F)(F)F)c1ccccn1. The van der Waals surface area contributed by atoms with Gasteiger partial charge in [-0.1, -0.05) is 24.3 Å². The summed E-state index contributed by atoms with van der Waals surface area (Å²) in [7, 11) is 0. The van der Waals surface area contributed by atoms with E-state index < -0.39 is 11.7 Å². The lowest BCUT2D eigenvalue weighted by atomic mass is 10.1. The highest BCUT2D eigenvalue weighted by atomic mass is 19.4. The van der Waals surface area contributed by atoms with Crippen molar-refractivity contribution in [3.63, 3.8) is 0 Å². The Bertz CT molecular complexity index is 553. The van der Waals surface area contributed by atoms with Crippen LogP contribution in [0.2, 0.25) is 0 Å². The summed E-state index contributed by atoms with van der Waals surface area (Å²) >= 11 is 0. The number of halogens is 3. The van der Waals surface area contributed by atoms with Crippen molar-refractivity contribution >= 4 is 0 Å². The summed E-state index contributed by atoms with van der Waals surface area (Å²) in [5, 5.41) is 3.07. The van der Waals surface area contributed by atoms with E-state index in [1.54, 1.807) is 18.3 Å². The Labute approximate surface area is 115 Å². The average molecular weight is 280 g/mol. The van der Waals surface area contributed by atoms with Crippen LogP contribution in [-0.4, -0.2) is 4.98 Å². The van der Waals surface area contributed by atoms with Crippen molar-refractivity contribution in [3.05, 3.63) is 65.5 Å². The fourth-order valence-corrected chi connectivity index (χ4v) is 1.95. The minimum Gasteiger partial charge on any atom is -0.305 e. The van der Waals surface area contributed by atoms with Crippen molar-refractivity contribution in [1.82, 2.24) is 10.3 Å². The van der Waals surface area contributed by atoms with E-state index in [0.29, 0.717) is 0 Å². The molecule has 0 amide bonds. The van der Waals surface area contributed by atoms with E-state index in [1.807, 2.05) is 19.1 Å². The van der Waals surface area contributed by atoms with Gasteiger partial charge in [0.1, 0.15) is 0 Å². The first-order valence-corrected chi connectivity index (χ1v) is 6.28. The topological polar surface area (TPSA) is 24.9 Å². The highest BCUT2D eigenvalue weighted by Gasteiger charge is 2.32. The van der Waals surface area contributed by atoms with Gasteiger partial charge in [-0.25, -0.2) is 0 Å². The normalized spacial score (nSPS) is 13.2. The van der Waals surface area contributed by atoms with Gasteiger partial charge in [0.2, 0.25) is 0 Å². The molecule has 1 N–H and O–H groups in total. The molecule has 2 aromatic rings. The molecule has 20 heavy (non-hydrogen) atoms. The molecule has 1 atom stereocenters. The molecule has 0 saturated heterocycles. The lowest BCUT2D eigenvalue weighted by Crippen LogP contribution is -2.21. The van der Waals surface area contributed by atoms with E-state index in [-0.39, 0.29) is 18.2 Å². The van der Waals surface area contributed by atoms with Crippen LogP contribution in [0, 0.1) is 0 Å². The average Bonchev–Trinajstić information content (AvgIpc) is 2.45. The van der Waals surface area contributed by atoms with Gasteiger partial charge in [0.05, 0.1) is 11.3 Å². The minimum absolute atomic E-state index is 0.113. The van der Waals surface area contributed by atoms with Gasteiger partial charge in [-0.15, -0.1) is 0 Å². The van der Waals surface area contributed by atoms with E-state index >= 15 is 0 Å². The van der Waals surface area contributed by atoms with Crippen LogP contribution < -0.4 is 5.32 Å². The van der Waals surface area contributed by atoms with Gasteiger partial charge in [-0.3, -0.25) is 4.98 Å². The quantitative estimate of drug-likeness (QED) is 0.917. The van der Waals surface area contributed by atoms with Crippen molar-refractivity contribution in [3.8, 4) is 0 Å². The molecular formula is C15H15F3N2. The van der Waals surface area contributed by atoms with E-state index in [0.717, 1.165) is 11.8 Å². The van der Waals surface area contributed by atoms with Crippen LogP contribution in [-0.2, 0) is 12.7 Å². The fourth-order valence-electron chi connectivity index (χ4n) is 1.95. The Kier molecular flexibility index (Phi) is 4.39. The predicted octanol–water partition coefficient (Wildman–Crippen LogP) is 3.95. The van der Waals surface area contributed by atoms with Crippen LogP contribution in [0.1, 0.15) is 29.8 Å². The zero-order valence-electron chi connectivity index (χ0n) is 11.0. The van der Waals surface area contributed by atoms with Crippen molar-refractivity contribution < 1.29 is 13.2 Å². The molecule has 0 radical (unpaired) electrons. The molecule has 0 fully saturated rings. The largest absolute Gasteiger partial charge is 0.416 e. The summed E-state index contributed by atoms with van der Waals surface area (Å²) in [4.78, 5) is 4.18. The third-order valence-electron chi connectivity index (χ3n) is 3.05. The third kappa shape index (κ3) is 3.57. The Morgan fingerprint density at radius 2 is 1.80 bits per heavy atom. The first-order valence-electron chi connectivity index (χ1n) is 6.28. The predicted molar refractivity (Wildman–Crippen MR) is 70.9 cm³/mol. The standard InChI is InChI=1S/C15H15F3N2/c1-11(14-8-4-5-9-19-14)20-10-12-6-2-3-7-13(12)15(16,17)18/h2-9,11,20H,10H2,1H3. The lowest BCUT2D eigenvalue weighted by Gasteiger charge is -2.16. The molecule has 1 unspecified atom stereocenters. The first-order chi connectivity index (χ1) is 9.48. The van der Waals surface area contributed by atoms with Gasteiger partial charge in [0.15, 0.2) is 0 Å². The molecule has 5 heteroatoms. The van der Waals surface area contributed by atoms with Crippen LogP contribution in [0.15, 0.2) is 48.7 Å². The van der Waals surface area contributed by atoms with Gasteiger partial charge in [-0.2, -0.15) is 13.2 Å². The smallest absolute Gasteiger partial charge is 0.305 e. The van der Waals surface area contributed by atoms with Crippen LogP contribution in [0.5, 0.6) is 0 Å². The number of benzene rings is 1. The zero-order valence-corrected chi connectivity index (χ0v) is 11.0. The second kappa shape index (κ2) is 6.05. The van der Waals surface area contributed by atoms with Crippen molar-refractivity contribution in [2.45, 2.75) is 25.7 Å². The number of hydrogen-bond donors (Lipinski definition) is 1. The fraction of sp³-hybridized carbons (Fsp3) is 0.267. The summed E-state index contributed by atoms with van der Waals surface area (Å²) in [6.45, 7) is 2.02. The number of pyridine rings is 1. The van der Waals surface area contributed by atoms with Gasteiger partial charge < -0.3 is 5.32 Å². The summed E-state index contributed by atoms with van der Waals surface area (Å²) in [5.41, 5.74) is 0.445. The number of hydrogen-bond acceptors (Lipinski definition) is 2. The van der Waals surface area contributed by atoms with E-state index in [2.05, 4.69) is 10.3 Å². The number of rotatable bonds is 4. The highest BCUT2D eigenvalue weighted by molar-refractivity contribution is 5.29. The molecular weight excluding hydrogens is 265 g/mol. The third-order valence-corrected chi connectivity index (χ3v) is 3.05. The van der Waals surface area contributed by atoms with Gasteiger partial charge >= 0.3 is 6.18 Å². The Balaban J connectivity index is 2.08.